The number of H-pyrrole nitrogens is 1. The molecule has 0 aromatic carbocycles. The van der Waals surface area contributed by atoms with Gasteiger partial charge in [0, 0.05) is 25.3 Å². The zero-order valence-electron chi connectivity index (χ0n) is 15.7. The van der Waals surface area contributed by atoms with Crippen molar-refractivity contribution in [3.63, 3.8) is 0 Å². The number of amides is 2. The Bertz CT molecular complexity index is 604. The van der Waals surface area contributed by atoms with E-state index in [0.717, 1.165) is 49.2 Å². The van der Waals surface area contributed by atoms with E-state index in [1.807, 2.05) is 25.7 Å². The van der Waals surface area contributed by atoms with Crippen molar-refractivity contribution in [1.82, 2.24) is 15.2 Å². The minimum atomic E-state index is -0.0904. The van der Waals surface area contributed by atoms with E-state index in [9.17, 15) is 9.59 Å². The maximum Gasteiger partial charge on any atom is 0.270 e. The molecule has 2 amide bonds. The van der Waals surface area contributed by atoms with Crippen LogP contribution in [-0.2, 0) is 4.79 Å². The van der Waals surface area contributed by atoms with Crippen LogP contribution in [-0.4, -0.2) is 41.3 Å². The lowest BCUT2D eigenvalue weighted by Gasteiger charge is -2.32. The summed E-state index contributed by atoms with van der Waals surface area (Å²) in [5.41, 5.74) is 3.86. The van der Waals surface area contributed by atoms with Crippen molar-refractivity contribution in [3.05, 3.63) is 22.5 Å². The van der Waals surface area contributed by atoms with E-state index >= 15 is 0 Å². The highest BCUT2D eigenvalue weighted by atomic mass is 16.2. The van der Waals surface area contributed by atoms with Gasteiger partial charge in [0.15, 0.2) is 0 Å². The Labute approximate surface area is 145 Å². The number of piperidine rings is 1. The van der Waals surface area contributed by atoms with E-state index in [1.54, 1.807) is 0 Å². The summed E-state index contributed by atoms with van der Waals surface area (Å²) < 4.78 is 0. The fraction of sp³-hybridized carbons (Fsp3) is 0.684. The summed E-state index contributed by atoms with van der Waals surface area (Å²) in [5, 5.41) is 3.02. The zero-order chi connectivity index (χ0) is 17.9. The lowest BCUT2D eigenvalue weighted by Crippen LogP contribution is -2.45. The van der Waals surface area contributed by atoms with Crippen LogP contribution in [0.15, 0.2) is 0 Å². The Balaban J connectivity index is 1.98. The molecule has 1 aromatic heterocycles. The van der Waals surface area contributed by atoms with E-state index in [-0.39, 0.29) is 17.7 Å². The second kappa shape index (κ2) is 7.86. The first-order valence-corrected chi connectivity index (χ1v) is 9.04. The highest BCUT2D eigenvalue weighted by Crippen LogP contribution is 2.22. The van der Waals surface area contributed by atoms with Crippen LogP contribution in [0.2, 0.25) is 0 Å². The van der Waals surface area contributed by atoms with Gasteiger partial charge < -0.3 is 15.2 Å². The molecule has 2 rings (SSSR count). The summed E-state index contributed by atoms with van der Waals surface area (Å²) in [5.74, 6) is 0.594. The second-order valence-corrected chi connectivity index (χ2v) is 7.44. The second-order valence-electron chi connectivity index (χ2n) is 7.44. The SMILES string of the molecule is Cc1[nH]c(C(=O)N2CCC[C@H](C(=O)NCCC(C)C)C2)c(C)c1C. The molecule has 5 nitrogen and oxygen atoms in total. The Kier molecular flexibility index (Phi) is 6.08. The molecule has 0 radical (unpaired) electrons. The van der Waals surface area contributed by atoms with E-state index in [1.165, 1.54) is 0 Å². The average Bonchev–Trinajstić information content (AvgIpc) is 2.81. The molecule has 1 aliphatic rings. The topological polar surface area (TPSA) is 65.2 Å². The first kappa shape index (κ1) is 18.6. The number of hydrogen-bond donors (Lipinski definition) is 2. The molecule has 5 heteroatoms. The summed E-state index contributed by atoms with van der Waals surface area (Å²) in [6.07, 6.45) is 2.73. The van der Waals surface area contributed by atoms with Gasteiger partial charge in [-0.05, 0) is 57.1 Å². The van der Waals surface area contributed by atoms with Gasteiger partial charge in [-0.25, -0.2) is 0 Å². The molecule has 1 atom stereocenters. The number of likely N-dealkylation sites (tertiary alicyclic amines) is 1. The number of carbonyl (C=O) groups is 2. The predicted octanol–water partition coefficient (Wildman–Crippen LogP) is 2.95. The first-order valence-electron chi connectivity index (χ1n) is 9.04. The maximum absolute atomic E-state index is 12.8. The molecule has 1 fully saturated rings. The number of aryl methyl sites for hydroxylation is 1. The Hall–Kier alpha value is -1.78. The third kappa shape index (κ3) is 4.19. The number of nitrogens with zero attached hydrogens (tertiary/aromatic N) is 1. The number of aromatic nitrogens is 1. The standard InChI is InChI=1S/C19H31N3O2/c1-12(2)8-9-20-18(23)16-7-6-10-22(11-16)19(24)17-14(4)13(3)15(5)21-17/h12,16,21H,6-11H2,1-5H3,(H,20,23)/t16-/m0/s1. The third-order valence-electron chi connectivity index (χ3n) is 5.13. The van der Waals surface area contributed by atoms with Crippen molar-refractivity contribution in [1.29, 1.82) is 0 Å². The average molecular weight is 333 g/mol. The smallest absolute Gasteiger partial charge is 0.270 e. The van der Waals surface area contributed by atoms with Gasteiger partial charge in [0.05, 0.1) is 5.92 Å². The van der Waals surface area contributed by atoms with Crippen LogP contribution < -0.4 is 5.32 Å². The molecule has 0 aliphatic carbocycles. The van der Waals surface area contributed by atoms with E-state index in [4.69, 9.17) is 0 Å². The lowest BCUT2D eigenvalue weighted by molar-refractivity contribution is -0.126. The number of rotatable bonds is 5. The van der Waals surface area contributed by atoms with Gasteiger partial charge in [-0.2, -0.15) is 0 Å². The summed E-state index contributed by atoms with van der Waals surface area (Å²) in [4.78, 5) is 30.2. The van der Waals surface area contributed by atoms with Crippen molar-refractivity contribution in [3.8, 4) is 0 Å². The van der Waals surface area contributed by atoms with Crippen molar-refractivity contribution in [2.45, 2.75) is 53.9 Å². The highest BCUT2D eigenvalue weighted by Gasteiger charge is 2.30. The summed E-state index contributed by atoms with van der Waals surface area (Å²) in [6.45, 7) is 12.3. The molecule has 134 valence electrons. The Morgan fingerprint density at radius 3 is 2.54 bits per heavy atom. The molecule has 2 N–H and O–H groups in total. The van der Waals surface area contributed by atoms with Gasteiger partial charge in [-0.15, -0.1) is 0 Å². The molecule has 0 unspecified atom stereocenters. The van der Waals surface area contributed by atoms with E-state index in [0.29, 0.717) is 18.2 Å². The van der Waals surface area contributed by atoms with Crippen LogP contribution in [0.1, 0.15) is 60.4 Å². The van der Waals surface area contributed by atoms with Crippen molar-refractivity contribution >= 4 is 11.8 Å². The Morgan fingerprint density at radius 2 is 1.96 bits per heavy atom. The number of hydrogen-bond acceptors (Lipinski definition) is 2. The molecule has 0 bridgehead atoms. The first-order chi connectivity index (χ1) is 11.3. The number of carbonyl (C=O) groups excluding carboxylic acids is 2. The molecule has 1 aromatic rings. The zero-order valence-corrected chi connectivity index (χ0v) is 15.7. The number of aromatic amines is 1. The fourth-order valence-electron chi connectivity index (χ4n) is 3.22. The maximum atomic E-state index is 12.8. The summed E-state index contributed by atoms with van der Waals surface area (Å²) >= 11 is 0. The van der Waals surface area contributed by atoms with Crippen LogP contribution in [0.3, 0.4) is 0 Å². The molecule has 0 saturated carbocycles. The van der Waals surface area contributed by atoms with Gasteiger partial charge in [0.2, 0.25) is 5.91 Å². The van der Waals surface area contributed by atoms with Crippen LogP contribution in [0.5, 0.6) is 0 Å². The largest absolute Gasteiger partial charge is 0.356 e. The monoisotopic (exact) mass is 333 g/mol. The molecule has 1 saturated heterocycles. The van der Waals surface area contributed by atoms with Gasteiger partial charge >= 0.3 is 0 Å². The Morgan fingerprint density at radius 1 is 1.25 bits per heavy atom. The molecule has 2 heterocycles. The number of nitrogens with one attached hydrogen (secondary N) is 2. The molecule has 24 heavy (non-hydrogen) atoms. The predicted molar refractivity (Wildman–Crippen MR) is 96.1 cm³/mol. The fourth-order valence-corrected chi connectivity index (χ4v) is 3.22. The van der Waals surface area contributed by atoms with Crippen LogP contribution in [0, 0.1) is 32.6 Å². The van der Waals surface area contributed by atoms with Gasteiger partial charge in [-0.3, -0.25) is 9.59 Å². The normalized spacial score (nSPS) is 18.1. The van der Waals surface area contributed by atoms with Crippen molar-refractivity contribution in [2.24, 2.45) is 11.8 Å². The minimum absolute atomic E-state index is 0.0170. The molecular formula is C19H31N3O2. The van der Waals surface area contributed by atoms with Gasteiger partial charge in [-0.1, -0.05) is 13.8 Å². The molecule has 1 aliphatic heterocycles. The van der Waals surface area contributed by atoms with Gasteiger partial charge in [0.1, 0.15) is 5.69 Å². The summed E-state index contributed by atoms with van der Waals surface area (Å²) in [7, 11) is 0. The molecule has 0 spiro atoms. The summed E-state index contributed by atoms with van der Waals surface area (Å²) in [6, 6.07) is 0. The minimum Gasteiger partial charge on any atom is -0.356 e. The van der Waals surface area contributed by atoms with Crippen LogP contribution >= 0.6 is 0 Å². The highest BCUT2D eigenvalue weighted by molar-refractivity contribution is 5.95. The van der Waals surface area contributed by atoms with E-state index in [2.05, 4.69) is 24.1 Å². The van der Waals surface area contributed by atoms with Crippen molar-refractivity contribution < 1.29 is 9.59 Å². The van der Waals surface area contributed by atoms with E-state index < -0.39 is 0 Å². The third-order valence-corrected chi connectivity index (χ3v) is 5.13. The van der Waals surface area contributed by atoms with Crippen molar-refractivity contribution in [2.75, 3.05) is 19.6 Å². The quantitative estimate of drug-likeness (QED) is 0.870. The van der Waals surface area contributed by atoms with Crippen LogP contribution in [0.4, 0.5) is 0 Å². The van der Waals surface area contributed by atoms with Crippen LogP contribution in [0.25, 0.3) is 0 Å². The van der Waals surface area contributed by atoms with Gasteiger partial charge in [0.25, 0.3) is 5.91 Å². The molecular weight excluding hydrogens is 302 g/mol. The lowest BCUT2D eigenvalue weighted by atomic mass is 9.96.